The van der Waals surface area contributed by atoms with Crippen molar-refractivity contribution in [2.45, 2.75) is 13.3 Å². The van der Waals surface area contributed by atoms with Crippen LogP contribution >= 0.6 is 0 Å². The molecule has 0 spiro atoms. The maximum Gasteiger partial charge on any atom is 0.333 e. The molecule has 0 aromatic rings. The van der Waals surface area contributed by atoms with Crippen molar-refractivity contribution in [3.05, 3.63) is 37.1 Å². The van der Waals surface area contributed by atoms with Crippen molar-refractivity contribution in [1.29, 1.82) is 0 Å². The van der Waals surface area contributed by atoms with E-state index in [2.05, 4.69) is 17.9 Å². The van der Waals surface area contributed by atoms with Gasteiger partial charge < -0.3 is 9.47 Å². The normalized spacial score (nSPS) is 10.3. The first-order valence-corrected chi connectivity index (χ1v) is 4.37. The molecule has 4 nitrogen and oxygen atoms in total. The van der Waals surface area contributed by atoms with Crippen molar-refractivity contribution < 1.29 is 19.1 Å². The number of esters is 2. The minimum Gasteiger partial charge on any atom is -0.458 e. The highest BCUT2D eigenvalue weighted by Crippen LogP contribution is 2.00. The summed E-state index contributed by atoms with van der Waals surface area (Å²) in [5.74, 6) is -0.942. The van der Waals surface area contributed by atoms with Gasteiger partial charge >= 0.3 is 11.9 Å². The lowest BCUT2D eigenvalue weighted by molar-refractivity contribution is -0.137. The van der Waals surface area contributed by atoms with Crippen LogP contribution in [0.2, 0.25) is 0 Å². The van der Waals surface area contributed by atoms with Crippen LogP contribution in [-0.2, 0) is 19.1 Å². The second kappa shape index (κ2) is 7.55. The fourth-order valence-electron chi connectivity index (χ4n) is 0.709. The van der Waals surface area contributed by atoms with Crippen LogP contribution in [0.4, 0.5) is 0 Å². The lowest BCUT2D eigenvalue weighted by Crippen LogP contribution is -2.06. The molecule has 0 saturated carbocycles. The number of ether oxygens (including phenoxy) is 2. The number of carbonyl (C=O) groups excluding carboxylic acids is 2. The summed E-state index contributed by atoms with van der Waals surface area (Å²) in [7, 11) is 0. The van der Waals surface area contributed by atoms with E-state index in [0.717, 1.165) is 6.26 Å². The Morgan fingerprint density at radius 1 is 1.33 bits per heavy atom. The predicted octanol–water partition coefficient (Wildman–Crippen LogP) is 1.74. The quantitative estimate of drug-likeness (QED) is 0.290. The average Bonchev–Trinajstić information content (AvgIpc) is 2.22. The van der Waals surface area contributed by atoms with Crippen LogP contribution in [0.25, 0.3) is 0 Å². The SMILES string of the molecule is C=CCOC(=O)C(C)=CCC(=O)OC=C. The summed E-state index contributed by atoms with van der Waals surface area (Å²) >= 11 is 0. The summed E-state index contributed by atoms with van der Waals surface area (Å²) in [5.41, 5.74) is 0.359. The largest absolute Gasteiger partial charge is 0.458 e. The van der Waals surface area contributed by atoms with Gasteiger partial charge in [-0.25, -0.2) is 4.79 Å². The van der Waals surface area contributed by atoms with E-state index in [0.29, 0.717) is 5.57 Å². The van der Waals surface area contributed by atoms with Gasteiger partial charge in [0, 0.05) is 5.57 Å². The van der Waals surface area contributed by atoms with Crippen LogP contribution in [0.3, 0.4) is 0 Å². The molecule has 4 heteroatoms. The summed E-state index contributed by atoms with van der Waals surface area (Å²) in [6.45, 7) is 8.36. The van der Waals surface area contributed by atoms with Crippen LogP contribution in [0.5, 0.6) is 0 Å². The third-order valence-electron chi connectivity index (χ3n) is 1.44. The van der Waals surface area contributed by atoms with Gasteiger partial charge in [0.2, 0.25) is 0 Å². The van der Waals surface area contributed by atoms with Crippen LogP contribution < -0.4 is 0 Å². The first kappa shape index (κ1) is 13.2. The highest BCUT2D eigenvalue weighted by Gasteiger charge is 2.05. The van der Waals surface area contributed by atoms with Crippen LogP contribution in [-0.4, -0.2) is 18.5 Å². The Bertz CT molecular complexity index is 289. The summed E-state index contributed by atoms with van der Waals surface area (Å²) in [6.07, 6.45) is 3.97. The molecule has 0 aliphatic rings. The van der Waals surface area contributed by atoms with Crippen LogP contribution in [0.1, 0.15) is 13.3 Å². The Labute approximate surface area is 88.9 Å². The summed E-state index contributed by atoms with van der Waals surface area (Å²) < 4.78 is 9.21. The summed E-state index contributed by atoms with van der Waals surface area (Å²) in [6, 6.07) is 0. The Morgan fingerprint density at radius 2 is 2.00 bits per heavy atom. The zero-order valence-corrected chi connectivity index (χ0v) is 8.69. The van der Waals surface area contributed by atoms with E-state index in [1.54, 1.807) is 6.92 Å². The fraction of sp³-hybridized carbons (Fsp3) is 0.273. The van der Waals surface area contributed by atoms with E-state index in [1.807, 2.05) is 0 Å². The van der Waals surface area contributed by atoms with Crippen molar-refractivity contribution in [3.8, 4) is 0 Å². The van der Waals surface area contributed by atoms with Crippen molar-refractivity contribution in [3.63, 3.8) is 0 Å². The average molecular weight is 210 g/mol. The van der Waals surface area contributed by atoms with Crippen LogP contribution in [0, 0.1) is 0 Å². The molecular weight excluding hydrogens is 196 g/mol. The molecule has 0 fully saturated rings. The Hall–Kier alpha value is -1.84. The first-order chi connectivity index (χ1) is 7.11. The fourth-order valence-corrected chi connectivity index (χ4v) is 0.709. The number of hydrogen-bond donors (Lipinski definition) is 0. The molecule has 0 heterocycles. The van der Waals surface area contributed by atoms with Gasteiger partial charge in [-0.15, -0.1) is 0 Å². The second-order valence-corrected chi connectivity index (χ2v) is 2.63. The Kier molecular flexibility index (Phi) is 6.63. The third kappa shape index (κ3) is 6.26. The van der Waals surface area contributed by atoms with E-state index in [1.165, 1.54) is 12.2 Å². The summed E-state index contributed by atoms with van der Waals surface area (Å²) in [4.78, 5) is 22.0. The molecule has 0 aliphatic heterocycles. The van der Waals surface area contributed by atoms with Gasteiger partial charge in [0.15, 0.2) is 0 Å². The third-order valence-corrected chi connectivity index (χ3v) is 1.44. The lowest BCUT2D eigenvalue weighted by Gasteiger charge is -2.01. The molecule has 0 N–H and O–H groups in total. The standard InChI is InChI=1S/C11H14O4/c1-4-8-15-11(13)9(3)6-7-10(12)14-5-2/h4-6H,1-2,7-8H2,3H3. The van der Waals surface area contributed by atoms with E-state index in [4.69, 9.17) is 4.74 Å². The van der Waals surface area contributed by atoms with E-state index < -0.39 is 11.9 Å². The first-order valence-electron chi connectivity index (χ1n) is 4.37. The Balaban J connectivity index is 4.06. The van der Waals surface area contributed by atoms with Crippen molar-refractivity contribution in [1.82, 2.24) is 0 Å². The van der Waals surface area contributed by atoms with Crippen molar-refractivity contribution >= 4 is 11.9 Å². The van der Waals surface area contributed by atoms with Gasteiger partial charge in [-0.2, -0.15) is 0 Å². The minimum atomic E-state index is -0.471. The maximum atomic E-state index is 11.2. The molecule has 0 aromatic carbocycles. The summed E-state index contributed by atoms with van der Waals surface area (Å²) in [5, 5.41) is 0. The molecule has 0 aromatic heterocycles. The number of hydrogen-bond acceptors (Lipinski definition) is 4. The van der Waals surface area contributed by atoms with Gasteiger partial charge in [0.25, 0.3) is 0 Å². The molecule has 0 atom stereocenters. The van der Waals surface area contributed by atoms with Gasteiger partial charge in [-0.3, -0.25) is 4.79 Å². The Morgan fingerprint density at radius 3 is 2.53 bits per heavy atom. The number of carbonyl (C=O) groups is 2. The van der Waals surface area contributed by atoms with Crippen molar-refractivity contribution in [2.24, 2.45) is 0 Å². The van der Waals surface area contributed by atoms with Crippen molar-refractivity contribution in [2.75, 3.05) is 6.61 Å². The zero-order chi connectivity index (χ0) is 11.7. The van der Waals surface area contributed by atoms with Gasteiger partial charge in [0.05, 0.1) is 12.7 Å². The number of rotatable bonds is 6. The highest BCUT2D eigenvalue weighted by atomic mass is 16.5. The molecule has 0 radical (unpaired) electrons. The van der Waals surface area contributed by atoms with E-state index in [-0.39, 0.29) is 13.0 Å². The molecule has 0 rings (SSSR count). The minimum absolute atomic E-state index is 0.0149. The molecule has 0 amide bonds. The van der Waals surface area contributed by atoms with Gasteiger partial charge in [-0.1, -0.05) is 25.3 Å². The van der Waals surface area contributed by atoms with Crippen LogP contribution in [0.15, 0.2) is 37.1 Å². The monoisotopic (exact) mass is 210 g/mol. The van der Waals surface area contributed by atoms with E-state index >= 15 is 0 Å². The molecular formula is C11H14O4. The smallest absolute Gasteiger partial charge is 0.333 e. The maximum absolute atomic E-state index is 11.2. The van der Waals surface area contributed by atoms with Gasteiger partial charge in [-0.05, 0) is 6.92 Å². The molecule has 0 saturated heterocycles. The molecule has 0 aliphatic carbocycles. The topological polar surface area (TPSA) is 52.6 Å². The molecule has 0 unspecified atom stereocenters. The van der Waals surface area contributed by atoms with Gasteiger partial charge in [0.1, 0.15) is 6.61 Å². The molecule has 0 bridgehead atoms. The molecule has 82 valence electrons. The molecule has 15 heavy (non-hydrogen) atoms. The highest BCUT2D eigenvalue weighted by molar-refractivity contribution is 5.88. The predicted molar refractivity (Wildman–Crippen MR) is 55.8 cm³/mol. The lowest BCUT2D eigenvalue weighted by atomic mass is 10.2. The second-order valence-electron chi connectivity index (χ2n) is 2.63. The van der Waals surface area contributed by atoms with E-state index in [9.17, 15) is 9.59 Å². The zero-order valence-electron chi connectivity index (χ0n) is 8.69.